The summed E-state index contributed by atoms with van der Waals surface area (Å²) in [7, 11) is 0. The van der Waals surface area contributed by atoms with Crippen LogP contribution in [0.4, 0.5) is 4.79 Å². The number of para-hydroxylation sites is 1. The summed E-state index contributed by atoms with van der Waals surface area (Å²) in [6.07, 6.45) is 2.84. The minimum Gasteiger partial charge on any atom is -0.338 e. The summed E-state index contributed by atoms with van der Waals surface area (Å²) in [6.45, 7) is 1.08. The molecule has 0 aliphatic carbocycles. The lowest BCUT2D eigenvalue weighted by Gasteiger charge is -2.31. The molecule has 160 valence electrons. The zero-order chi connectivity index (χ0) is 21.9. The Bertz CT molecular complexity index is 1230. The number of nitrogens with zero attached hydrogens (tertiary/aromatic N) is 2. The van der Waals surface area contributed by atoms with Gasteiger partial charge in [-0.15, -0.1) is 0 Å². The summed E-state index contributed by atoms with van der Waals surface area (Å²) in [6, 6.07) is 30.0. The van der Waals surface area contributed by atoms with Crippen molar-refractivity contribution >= 4 is 17.6 Å². The van der Waals surface area contributed by atoms with Crippen LogP contribution in [0.25, 0.3) is 5.69 Å². The van der Waals surface area contributed by atoms with Gasteiger partial charge in [-0.05, 0) is 53.4 Å². The highest BCUT2D eigenvalue weighted by atomic mass is 35.5. The third kappa shape index (κ3) is 4.02. The quantitative estimate of drug-likeness (QED) is 0.415. The maximum atomic E-state index is 13.5. The van der Waals surface area contributed by atoms with E-state index in [1.807, 2.05) is 65.6 Å². The van der Waals surface area contributed by atoms with Gasteiger partial charge in [-0.1, -0.05) is 72.3 Å². The molecule has 2 heterocycles. The van der Waals surface area contributed by atoms with Crippen LogP contribution in [0.15, 0.2) is 97.2 Å². The van der Waals surface area contributed by atoms with Gasteiger partial charge in [-0.25, -0.2) is 4.79 Å². The Morgan fingerprint density at radius 3 is 2.59 bits per heavy atom. The second kappa shape index (κ2) is 8.93. The number of nitrogens with one attached hydrogen (secondary N) is 1. The zero-order valence-corrected chi connectivity index (χ0v) is 18.4. The van der Waals surface area contributed by atoms with E-state index in [0.29, 0.717) is 18.1 Å². The summed E-state index contributed by atoms with van der Waals surface area (Å²) in [5, 5.41) is 3.80. The van der Waals surface area contributed by atoms with Gasteiger partial charge in [0.15, 0.2) is 0 Å². The smallest absolute Gasteiger partial charge is 0.318 e. The Morgan fingerprint density at radius 1 is 0.938 bits per heavy atom. The molecular weight excluding hydrogens is 418 g/mol. The van der Waals surface area contributed by atoms with E-state index >= 15 is 0 Å². The highest BCUT2D eigenvalue weighted by Crippen LogP contribution is 2.37. The first-order valence-corrected chi connectivity index (χ1v) is 11.2. The van der Waals surface area contributed by atoms with Crippen LogP contribution in [0.1, 0.15) is 28.4 Å². The number of amides is 2. The van der Waals surface area contributed by atoms with Crippen molar-refractivity contribution in [3.63, 3.8) is 0 Å². The first-order valence-electron chi connectivity index (χ1n) is 10.8. The van der Waals surface area contributed by atoms with Crippen molar-refractivity contribution in [2.45, 2.75) is 19.0 Å². The van der Waals surface area contributed by atoms with Crippen molar-refractivity contribution in [3.05, 3.63) is 125 Å². The predicted molar refractivity (Wildman–Crippen MR) is 128 cm³/mol. The fourth-order valence-electron chi connectivity index (χ4n) is 4.43. The molecule has 0 spiro atoms. The molecule has 5 heteroatoms. The van der Waals surface area contributed by atoms with E-state index in [9.17, 15) is 4.79 Å². The van der Waals surface area contributed by atoms with Gasteiger partial charge in [0.25, 0.3) is 0 Å². The van der Waals surface area contributed by atoms with Crippen LogP contribution >= 0.6 is 11.6 Å². The number of urea groups is 1. The van der Waals surface area contributed by atoms with Crippen LogP contribution in [0.2, 0.25) is 5.02 Å². The number of carbonyl (C=O) groups excluding carboxylic acids is 1. The van der Waals surface area contributed by atoms with Crippen molar-refractivity contribution in [1.29, 1.82) is 0 Å². The number of halogens is 1. The SMILES string of the molecule is O=C(NCCc1ccccc1)N1Cc2ccccc2-n2cccc2[C@H]1c1cccc(Cl)c1. The van der Waals surface area contributed by atoms with Crippen LogP contribution in [-0.4, -0.2) is 22.0 Å². The molecule has 1 atom stereocenters. The molecule has 1 aliphatic rings. The molecule has 0 bridgehead atoms. The molecule has 4 nitrogen and oxygen atoms in total. The molecule has 4 aromatic rings. The lowest BCUT2D eigenvalue weighted by atomic mass is 10.0. The largest absolute Gasteiger partial charge is 0.338 e. The molecule has 5 rings (SSSR count). The molecule has 0 saturated carbocycles. The molecule has 1 aromatic heterocycles. The van der Waals surface area contributed by atoms with Gasteiger partial charge in [-0.3, -0.25) is 0 Å². The van der Waals surface area contributed by atoms with E-state index in [2.05, 4.69) is 46.4 Å². The average molecular weight is 442 g/mol. The number of aromatic nitrogens is 1. The average Bonchev–Trinajstić information content (AvgIpc) is 3.24. The fourth-order valence-corrected chi connectivity index (χ4v) is 4.63. The maximum absolute atomic E-state index is 13.5. The molecule has 0 fully saturated rings. The predicted octanol–water partition coefficient (Wildman–Crippen LogP) is 5.99. The topological polar surface area (TPSA) is 37.3 Å². The molecule has 3 aromatic carbocycles. The van der Waals surface area contributed by atoms with E-state index in [-0.39, 0.29) is 12.1 Å². The summed E-state index contributed by atoms with van der Waals surface area (Å²) < 4.78 is 2.18. The minimum atomic E-state index is -0.257. The number of fused-ring (bicyclic) bond motifs is 3. The van der Waals surface area contributed by atoms with E-state index in [0.717, 1.165) is 28.9 Å². The van der Waals surface area contributed by atoms with Gasteiger partial charge in [0.05, 0.1) is 18.3 Å². The highest BCUT2D eigenvalue weighted by Gasteiger charge is 2.32. The van der Waals surface area contributed by atoms with E-state index in [4.69, 9.17) is 11.6 Å². The van der Waals surface area contributed by atoms with Crippen molar-refractivity contribution in [1.82, 2.24) is 14.8 Å². The normalized spacial score (nSPS) is 14.9. The van der Waals surface area contributed by atoms with E-state index < -0.39 is 0 Å². The Balaban J connectivity index is 1.50. The third-order valence-electron chi connectivity index (χ3n) is 5.92. The Labute approximate surface area is 193 Å². The molecule has 0 saturated heterocycles. The molecule has 2 amide bonds. The van der Waals surface area contributed by atoms with Crippen molar-refractivity contribution in [2.75, 3.05) is 6.54 Å². The second-order valence-corrected chi connectivity index (χ2v) is 8.42. The first-order chi connectivity index (χ1) is 15.7. The van der Waals surface area contributed by atoms with Gasteiger partial charge in [0, 0.05) is 23.5 Å². The third-order valence-corrected chi connectivity index (χ3v) is 6.16. The Hall–Kier alpha value is -3.50. The number of benzene rings is 3. The van der Waals surface area contributed by atoms with Crippen LogP contribution in [0.3, 0.4) is 0 Å². The summed E-state index contributed by atoms with van der Waals surface area (Å²) in [5.74, 6) is 0. The molecule has 32 heavy (non-hydrogen) atoms. The number of rotatable bonds is 4. The summed E-state index contributed by atoms with van der Waals surface area (Å²) in [4.78, 5) is 15.4. The van der Waals surface area contributed by atoms with Gasteiger partial charge < -0.3 is 14.8 Å². The van der Waals surface area contributed by atoms with E-state index in [1.54, 1.807) is 0 Å². The Kier molecular flexibility index (Phi) is 5.70. The summed E-state index contributed by atoms with van der Waals surface area (Å²) in [5.41, 5.74) is 5.43. The molecular formula is C27H24ClN3O. The monoisotopic (exact) mass is 441 g/mol. The Morgan fingerprint density at radius 2 is 1.75 bits per heavy atom. The van der Waals surface area contributed by atoms with Gasteiger partial charge in [0.2, 0.25) is 0 Å². The van der Waals surface area contributed by atoms with E-state index in [1.165, 1.54) is 5.56 Å². The first kappa shape index (κ1) is 20.4. The number of hydrogen-bond acceptors (Lipinski definition) is 1. The highest BCUT2D eigenvalue weighted by molar-refractivity contribution is 6.30. The number of hydrogen-bond donors (Lipinski definition) is 1. The standard InChI is InChI=1S/C27H24ClN3O/c28-23-12-6-11-21(18-23)26-25-14-7-17-30(25)24-13-5-4-10-22(24)19-31(26)27(32)29-16-15-20-8-2-1-3-9-20/h1-14,17-18,26H,15-16,19H2,(H,29,32)/t26-/m1/s1. The number of carbonyl (C=O) groups is 1. The molecule has 1 aliphatic heterocycles. The van der Waals surface area contributed by atoms with Crippen LogP contribution in [0.5, 0.6) is 0 Å². The lowest BCUT2D eigenvalue weighted by Crippen LogP contribution is -2.42. The lowest BCUT2D eigenvalue weighted by molar-refractivity contribution is 0.181. The van der Waals surface area contributed by atoms with Crippen LogP contribution < -0.4 is 5.32 Å². The fraction of sp³-hybridized carbons (Fsp3) is 0.148. The van der Waals surface area contributed by atoms with Gasteiger partial charge in [-0.2, -0.15) is 0 Å². The molecule has 1 N–H and O–H groups in total. The van der Waals surface area contributed by atoms with Crippen molar-refractivity contribution in [2.24, 2.45) is 0 Å². The van der Waals surface area contributed by atoms with Crippen LogP contribution in [-0.2, 0) is 13.0 Å². The van der Waals surface area contributed by atoms with Gasteiger partial charge in [0.1, 0.15) is 0 Å². The minimum absolute atomic E-state index is 0.0876. The second-order valence-electron chi connectivity index (χ2n) is 7.98. The maximum Gasteiger partial charge on any atom is 0.318 e. The summed E-state index contributed by atoms with van der Waals surface area (Å²) >= 11 is 6.35. The van der Waals surface area contributed by atoms with Crippen molar-refractivity contribution in [3.8, 4) is 5.69 Å². The zero-order valence-electron chi connectivity index (χ0n) is 17.6. The molecule has 0 radical (unpaired) electrons. The molecule has 0 unspecified atom stereocenters. The van der Waals surface area contributed by atoms with Crippen LogP contribution in [0, 0.1) is 0 Å². The van der Waals surface area contributed by atoms with Gasteiger partial charge >= 0.3 is 6.03 Å². The van der Waals surface area contributed by atoms with Crippen molar-refractivity contribution < 1.29 is 4.79 Å².